The third-order valence-electron chi connectivity index (χ3n) is 4.79. The number of fused-ring (bicyclic) bond motifs is 1. The molecular weight excluding hydrogens is 357 g/mol. The Bertz CT molecular complexity index is 1180. The Kier molecular flexibility index (Phi) is 3.86. The van der Waals surface area contributed by atoms with Crippen LogP contribution in [0.3, 0.4) is 0 Å². The van der Waals surface area contributed by atoms with Crippen LogP contribution in [0.25, 0.3) is 16.7 Å². The molecule has 0 unspecified atom stereocenters. The highest BCUT2D eigenvalue weighted by atomic mass is 19.1. The molecule has 1 aromatic carbocycles. The Hall–Kier alpha value is -3.61. The summed E-state index contributed by atoms with van der Waals surface area (Å²) in [6.45, 7) is 0. The SMILES string of the molecule is O=C(Nc1ccccn1)c1cc(C2CC2)nc2c1cnn2-c1ccccc1F. The van der Waals surface area contributed by atoms with Crippen molar-refractivity contribution in [3.8, 4) is 5.69 Å². The van der Waals surface area contributed by atoms with E-state index < -0.39 is 5.82 Å². The lowest BCUT2D eigenvalue weighted by Gasteiger charge is -2.09. The maximum atomic E-state index is 14.3. The minimum absolute atomic E-state index is 0.291. The van der Waals surface area contributed by atoms with Crippen LogP contribution in [-0.2, 0) is 0 Å². The van der Waals surface area contributed by atoms with E-state index in [1.54, 1.807) is 48.8 Å². The number of para-hydroxylation sites is 1. The van der Waals surface area contributed by atoms with E-state index in [9.17, 15) is 9.18 Å². The van der Waals surface area contributed by atoms with Crippen molar-refractivity contribution in [1.29, 1.82) is 0 Å². The number of aromatic nitrogens is 4. The van der Waals surface area contributed by atoms with Gasteiger partial charge in [-0.1, -0.05) is 18.2 Å². The molecule has 1 amide bonds. The molecule has 1 saturated carbocycles. The minimum atomic E-state index is -0.398. The van der Waals surface area contributed by atoms with Gasteiger partial charge in [0.15, 0.2) is 5.65 Å². The second-order valence-electron chi connectivity index (χ2n) is 6.78. The van der Waals surface area contributed by atoms with Crippen molar-refractivity contribution in [3.05, 3.63) is 78.0 Å². The van der Waals surface area contributed by atoms with Gasteiger partial charge in [-0.25, -0.2) is 19.0 Å². The number of hydrogen-bond donors (Lipinski definition) is 1. The summed E-state index contributed by atoms with van der Waals surface area (Å²) in [5.41, 5.74) is 2.06. The molecule has 28 heavy (non-hydrogen) atoms. The molecule has 1 aliphatic carbocycles. The summed E-state index contributed by atoms with van der Waals surface area (Å²) >= 11 is 0. The summed E-state index contributed by atoms with van der Waals surface area (Å²) in [6.07, 6.45) is 5.24. The van der Waals surface area contributed by atoms with E-state index in [4.69, 9.17) is 4.98 Å². The van der Waals surface area contributed by atoms with Crippen LogP contribution in [-0.4, -0.2) is 25.7 Å². The van der Waals surface area contributed by atoms with E-state index in [2.05, 4.69) is 15.4 Å². The Morgan fingerprint density at radius 1 is 1.14 bits per heavy atom. The van der Waals surface area contributed by atoms with Crippen molar-refractivity contribution in [1.82, 2.24) is 19.7 Å². The number of rotatable bonds is 4. The molecule has 0 radical (unpaired) electrons. The van der Waals surface area contributed by atoms with Crippen LogP contribution in [0.1, 0.15) is 34.8 Å². The molecule has 1 aliphatic rings. The van der Waals surface area contributed by atoms with Gasteiger partial charge >= 0.3 is 0 Å². The van der Waals surface area contributed by atoms with Crippen LogP contribution in [0.2, 0.25) is 0 Å². The molecule has 138 valence electrons. The minimum Gasteiger partial charge on any atom is -0.307 e. The fraction of sp³-hybridized carbons (Fsp3) is 0.143. The summed E-state index contributed by atoms with van der Waals surface area (Å²) in [5, 5.41) is 7.69. The van der Waals surface area contributed by atoms with Crippen molar-refractivity contribution in [2.75, 3.05) is 5.32 Å². The molecule has 7 heteroatoms. The van der Waals surface area contributed by atoms with E-state index in [-0.39, 0.29) is 5.91 Å². The Labute approximate surface area is 160 Å². The number of nitrogens with one attached hydrogen (secondary N) is 1. The first-order valence-electron chi connectivity index (χ1n) is 9.06. The fourth-order valence-electron chi connectivity index (χ4n) is 3.22. The molecule has 4 aromatic rings. The maximum absolute atomic E-state index is 14.3. The number of halogens is 1. The zero-order valence-electron chi connectivity index (χ0n) is 14.8. The van der Waals surface area contributed by atoms with Gasteiger partial charge in [-0.05, 0) is 43.2 Å². The highest BCUT2D eigenvalue weighted by Crippen LogP contribution is 2.40. The molecule has 1 fully saturated rings. The molecule has 0 aliphatic heterocycles. The Balaban J connectivity index is 1.65. The monoisotopic (exact) mass is 373 g/mol. The van der Waals surface area contributed by atoms with Crippen molar-refractivity contribution in [2.45, 2.75) is 18.8 Å². The zero-order valence-corrected chi connectivity index (χ0v) is 14.8. The lowest BCUT2D eigenvalue weighted by atomic mass is 10.1. The summed E-state index contributed by atoms with van der Waals surface area (Å²) < 4.78 is 15.8. The molecule has 0 spiro atoms. The number of carbonyl (C=O) groups is 1. The summed E-state index contributed by atoms with van der Waals surface area (Å²) in [4.78, 5) is 21.8. The predicted octanol–water partition coefficient (Wildman–Crippen LogP) is 4.08. The van der Waals surface area contributed by atoms with Gasteiger partial charge in [-0.3, -0.25) is 4.79 Å². The van der Waals surface area contributed by atoms with Crippen molar-refractivity contribution >= 4 is 22.8 Å². The molecule has 3 heterocycles. The highest BCUT2D eigenvalue weighted by Gasteiger charge is 2.28. The van der Waals surface area contributed by atoms with E-state index in [1.165, 1.54) is 10.7 Å². The third kappa shape index (κ3) is 2.90. The first-order chi connectivity index (χ1) is 13.7. The first-order valence-corrected chi connectivity index (χ1v) is 9.06. The van der Waals surface area contributed by atoms with Gasteiger partial charge in [0.05, 0.1) is 17.1 Å². The third-order valence-corrected chi connectivity index (χ3v) is 4.79. The second-order valence-corrected chi connectivity index (χ2v) is 6.78. The van der Waals surface area contributed by atoms with E-state index in [0.717, 1.165) is 18.5 Å². The second kappa shape index (κ2) is 6.53. The van der Waals surface area contributed by atoms with E-state index in [1.807, 2.05) is 6.07 Å². The summed E-state index contributed by atoms with van der Waals surface area (Å²) in [6, 6.07) is 13.5. The molecule has 0 saturated heterocycles. The van der Waals surface area contributed by atoms with Crippen LogP contribution in [0.15, 0.2) is 60.9 Å². The van der Waals surface area contributed by atoms with Crippen LogP contribution >= 0.6 is 0 Å². The Morgan fingerprint density at radius 3 is 2.71 bits per heavy atom. The molecule has 3 aromatic heterocycles. The molecule has 1 N–H and O–H groups in total. The number of anilines is 1. The van der Waals surface area contributed by atoms with Crippen LogP contribution in [0, 0.1) is 5.82 Å². The fourth-order valence-corrected chi connectivity index (χ4v) is 3.22. The quantitative estimate of drug-likeness (QED) is 0.585. The standard InChI is InChI=1S/C21H16FN5O/c22-16-5-1-2-6-18(16)27-20-15(12-24-27)14(11-17(25-20)13-8-9-13)21(28)26-19-7-3-4-10-23-19/h1-7,10-13H,8-9H2,(H,23,26,28). The molecule has 5 rings (SSSR count). The van der Waals surface area contributed by atoms with Crippen LogP contribution < -0.4 is 5.32 Å². The maximum Gasteiger partial charge on any atom is 0.257 e. The number of amides is 1. The zero-order chi connectivity index (χ0) is 19.1. The average molecular weight is 373 g/mol. The van der Waals surface area contributed by atoms with E-state index in [0.29, 0.717) is 34.0 Å². The number of hydrogen-bond acceptors (Lipinski definition) is 4. The first kappa shape index (κ1) is 16.6. The van der Waals surface area contributed by atoms with Crippen molar-refractivity contribution in [3.63, 3.8) is 0 Å². The highest BCUT2D eigenvalue weighted by molar-refractivity contribution is 6.11. The van der Waals surface area contributed by atoms with Gasteiger partial charge in [0.25, 0.3) is 5.91 Å². The summed E-state index contributed by atoms with van der Waals surface area (Å²) in [7, 11) is 0. The van der Waals surface area contributed by atoms with Gasteiger partial charge in [-0.2, -0.15) is 5.10 Å². The molecule has 0 bridgehead atoms. The number of carbonyl (C=O) groups excluding carboxylic acids is 1. The van der Waals surface area contributed by atoms with Crippen molar-refractivity contribution < 1.29 is 9.18 Å². The number of benzene rings is 1. The van der Waals surface area contributed by atoms with Crippen molar-refractivity contribution in [2.24, 2.45) is 0 Å². The number of nitrogens with zero attached hydrogens (tertiary/aromatic N) is 4. The normalized spacial score (nSPS) is 13.6. The largest absolute Gasteiger partial charge is 0.307 e. The van der Waals surface area contributed by atoms with Crippen LogP contribution in [0.4, 0.5) is 10.2 Å². The van der Waals surface area contributed by atoms with Gasteiger partial charge in [0.1, 0.15) is 17.3 Å². The molecule has 0 atom stereocenters. The molecular formula is C21H16FN5O. The lowest BCUT2D eigenvalue weighted by molar-refractivity contribution is 0.102. The van der Waals surface area contributed by atoms with Gasteiger partial charge in [0, 0.05) is 17.8 Å². The van der Waals surface area contributed by atoms with Gasteiger partial charge < -0.3 is 5.32 Å². The number of pyridine rings is 2. The topological polar surface area (TPSA) is 72.7 Å². The Morgan fingerprint density at radius 2 is 1.96 bits per heavy atom. The van der Waals surface area contributed by atoms with Crippen LogP contribution in [0.5, 0.6) is 0 Å². The summed E-state index contributed by atoms with van der Waals surface area (Å²) in [5.74, 6) is 0.105. The molecule has 6 nitrogen and oxygen atoms in total. The van der Waals surface area contributed by atoms with E-state index >= 15 is 0 Å². The predicted molar refractivity (Wildman–Crippen MR) is 103 cm³/mol. The lowest BCUT2D eigenvalue weighted by Crippen LogP contribution is -2.14. The smallest absolute Gasteiger partial charge is 0.257 e. The van der Waals surface area contributed by atoms with Gasteiger partial charge in [0.2, 0.25) is 0 Å². The van der Waals surface area contributed by atoms with Gasteiger partial charge in [-0.15, -0.1) is 0 Å². The average Bonchev–Trinajstić information content (AvgIpc) is 3.48.